The summed E-state index contributed by atoms with van der Waals surface area (Å²) in [5.74, 6) is 0.749. The minimum atomic E-state index is -3.57. The van der Waals surface area contributed by atoms with Gasteiger partial charge in [-0.25, -0.2) is 13.1 Å². The molecule has 1 aliphatic heterocycles. The van der Waals surface area contributed by atoms with Gasteiger partial charge in [0.2, 0.25) is 16.1 Å². The zero-order valence-corrected chi connectivity index (χ0v) is 15.2. The van der Waals surface area contributed by atoms with Gasteiger partial charge in [0.15, 0.2) is 11.5 Å². The molecule has 0 spiro atoms. The Hall–Kier alpha value is -2.58. The van der Waals surface area contributed by atoms with Gasteiger partial charge in [0, 0.05) is 11.7 Å². The van der Waals surface area contributed by atoms with Gasteiger partial charge in [0.05, 0.1) is 4.90 Å². The summed E-state index contributed by atoms with van der Waals surface area (Å²) >= 11 is 0. The van der Waals surface area contributed by atoms with E-state index >= 15 is 0 Å². The maximum atomic E-state index is 12.4. The van der Waals surface area contributed by atoms with E-state index in [0.29, 0.717) is 17.2 Å². The molecule has 26 heavy (non-hydrogen) atoms. The Morgan fingerprint density at radius 3 is 2.38 bits per heavy atom. The van der Waals surface area contributed by atoms with Gasteiger partial charge in [-0.05, 0) is 50.2 Å². The smallest absolute Gasteiger partial charge is 0.269 e. The number of anilines is 1. The minimum absolute atomic E-state index is 0.105. The number of carbonyl (C=O) groups is 1. The number of ether oxygens (including phenoxy) is 2. The van der Waals surface area contributed by atoms with Crippen LogP contribution < -0.4 is 19.5 Å². The molecule has 138 valence electrons. The molecule has 1 atom stereocenters. The predicted octanol–water partition coefficient (Wildman–Crippen LogP) is 2.15. The van der Waals surface area contributed by atoms with Crippen molar-refractivity contribution in [2.24, 2.45) is 0 Å². The largest absolute Gasteiger partial charge is 0.485 e. The standard InChI is InChI=1S/C18H20N2O5S/c1-12(2)20-26(22,23)14-9-7-13(8-10-14)19-18(21)17-11-24-15-5-3-4-6-16(15)25-17/h3-10,12,17,20H,11H2,1-2H3,(H,19,21)/t17-/m1/s1. The minimum Gasteiger partial charge on any atom is -0.485 e. The summed E-state index contributed by atoms with van der Waals surface area (Å²) in [6.07, 6.45) is -0.782. The molecule has 1 aliphatic rings. The lowest BCUT2D eigenvalue weighted by Crippen LogP contribution is -2.40. The molecule has 1 heterocycles. The molecular formula is C18H20N2O5S. The molecular weight excluding hydrogens is 356 g/mol. The second kappa shape index (κ2) is 7.35. The predicted molar refractivity (Wildman–Crippen MR) is 96.9 cm³/mol. The maximum absolute atomic E-state index is 12.4. The Balaban J connectivity index is 1.65. The van der Waals surface area contributed by atoms with Crippen molar-refractivity contribution in [1.82, 2.24) is 4.72 Å². The van der Waals surface area contributed by atoms with Crippen LogP contribution in [-0.4, -0.2) is 33.1 Å². The second-order valence-electron chi connectivity index (χ2n) is 6.15. The Morgan fingerprint density at radius 2 is 1.73 bits per heavy atom. The topological polar surface area (TPSA) is 93.7 Å². The first kappa shape index (κ1) is 18.2. The highest BCUT2D eigenvalue weighted by Crippen LogP contribution is 2.31. The molecule has 2 aromatic rings. The molecule has 0 aliphatic carbocycles. The fourth-order valence-electron chi connectivity index (χ4n) is 2.47. The number of sulfonamides is 1. The van der Waals surface area contributed by atoms with Crippen molar-refractivity contribution in [3.63, 3.8) is 0 Å². The zero-order valence-electron chi connectivity index (χ0n) is 14.4. The Labute approximate surface area is 152 Å². The molecule has 0 bridgehead atoms. The lowest BCUT2D eigenvalue weighted by Gasteiger charge is -2.25. The van der Waals surface area contributed by atoms with Gasteiger partial charge in [-0.1, -0.05) is 12.1 Å². The van der Waals surface area contributed by atoms with Crippen LogP contribution in [0.5, 0.6) is 11.5 Å². The van der Waals surface area contributed by atoms with Crippen LogP contribution in [0.15, 0.2) is 53.4 Å². The van der Waals surface area contributed by atoms with E-state index in [0.717, 1.165) is 0 Å². The summed E-state index contributed by atoms with van der Waals surface area (Å²) in [5, 5.41) is 2.70. The third kappa shape index (κ3) is 4.14. The number of rotatable bonds is 5. The fourth-order valence-corrected chi connectivity index (χ4v) is 3.72. The highest BCUT2D eigenvalue weighted by atomic mass is 32.2. The van der Waals surface area contributed by atoms with Gasteiger partial charge in [0.1, 0.15) is 6.61 Å². The van der Waals surface area contributed by atoms with Crippen LogP contribution in [0.4, 0.5) is 5.69 Å². The summed E-state index contributed by atoms with van der Waals surface area (Å²) in [6, 6.07) is 12.9. The van der Waals surface area contributed by atoms with E-state index in [4.69, 9.17) is 9.47 Å². The normalized spacial score (nSPS) is 16.3. The van der Waals surface area contributed by atoms with Crippen molar-refractivity contribution < 1.29 is 22.7 Å². The zero-order chi connectivity index (χ0) is 18.7. The van der Waals surface area contributed by atoms with Gasteiger partial charge >= 0.3 is 0 Å². The van der Waals surface area contributed by atoms with E-state index in [2.05, 4.69) is 10.0 Å². The number of fused-ring (bicyclic) bond motifs is 1. The van der Waals surface area contributed by atoms with Crippen LogP contribution in [0.25, 0.3) is 0 Å². The lowest BCUT2D eigenvalue weighted by molar-refractivity contribution is -0.125. The molecule has 2 N–H and O–H groups in total. The number of benzene rings is 2. The summed E-state index contributed by atoms with van der Waals surface area (Å²) in [4.78, 5) is 12.5. The van der Waals surface area contributed by atoms with E-state index in [-0.39, 0.29) is 23.5 Å². The van der Waals surface area contributed by atoms with Gasteiger partial charge in [-0.3, -0.25) is 4.79 Å². The van der Waals surface area contributed by atoms with Gasteiger partial charge in [0.25, 0.3) is 5.91 Å². The number of hydrogen-bond acceptors (Lipinski definition) is 5. The molecule has 0 fully saturated rings. The van der Waals surface area contributed by atoms with Gasteiger partial charge < -0.3 is 14.8 Å². The summed E-state index contributed by atoms with van der Waals surface area (Å²) in [5.41, 5.74) is 0.473. The molecule has 0 unspecified atom stereocenters. The van der Waals surface area contributed by atoms with Crippen molar-refractivity contribution in [2.45, 2.75) is 30.9 Å². The molecule has 8 heteroatoms. The molecule has 0 saturated heterocycles. The van der Waals surface area contributed by atoms with Crippen LogP contribution in [0.2, 0.25) is 0 Å². The molecule has 7 nitrogen and oxygen atoms in total. The van der Waals surface area contributed by atoms with E-state index in [1.807, 2.05) is 6.07 Å². The Bertz CT molecular complexity index is 894. The van der Waals surface area contributed by atoms with Gasteiger partial charge in [-0.15, -0.1) is 0 Å². The summed E-state index contributed by atoms with van der Waals surface area (Å²) < 4.78 is 37.9. The third-order valence-electron chi connectivity index (χ3n) is 3.62. The number of carbonyl (C=O) groups excluding carboxylic acids is 1. The van der Waals surface area contributed by atoms with Crippen LogP contribution in [-0.2, 0) is 14.8 Å². The molecule has 2 aromatic carbocycles. The summed E-state index contributed by atoms with van der Waals surface area (Å²) in [7, 11) is -3.57. The van der Waals surface area contributed by atoms with E-state index in [1.165, 1.54) is 24.3 Å². The monoisotopic (exact) mass is 376 g/mol. The molecule has 0 saturated carbocycles. The number of para-hydroxylation sites is 2. The number of amides is 1. The van der Waals surface area contributed by atoms with Crippen molar-refractivity contribution in [1.29, 1.82) is 0 Å². The lowest BCUT2D eigenvalue weighted by atomic mass is 10.2. The Morgan fingerprint density at radius 1 is 1.08 bits per heavy atom. The van der Waals surface area contributed by atoms with Crippen molar-refractivity contribution in [3.05, 3.63) is 48.5 Å². The first-order valence-corrected chi connectivity index (χ1v) is 9.65. The first-order chi connectivity index (χ1) is 12.3. The van der Waals surface area contributed by atoms with E-state index < -0.39 is 16.1 Å². The van der Waals surface area contributed by atoms with Crippen LogP contribution in [0.3, 0.4) is 0 Å². The highest BCUT2D eigenvalue weighted by Gasteiger charge is 2.27. The molecule has 1 amide bonds. The average Bonchev–Trinajstić information content (AvgIpc) is 2.60. The van der Waals surface area contributed by atoms with Gasteiger partial charge in [-0.2, -0.15) is 0 Å². The molecule has 0 radical (unpaired) electrons. The highest BCUT2D eigenvalue weighted by molar-refractivity contribution is 7.89. The average molecular weight is 376 g/mol. The Kier molecular flexibility index (Phi) is 5.15. The third-order valence-corrected chi connectivity index (χ3v) is 5.30. The van der Waals surface area contributed by atoms with E-state index in [9.17, 15) is 13.2 Å². The van der Waals surface area contributed by atoms with Crippen LogP contribution >= 0.6 is 0 Å². The number of hydrogen-bond donors (Lipinski definition) is 2. The van der Waals surface area contributed by atoms with E-state index in [1.54, 1.807) is 32.0 Å². The maximum Gasteiger partial charge on any atom is 0.269 e. The second-order valence-corrected chi connectivity index (χ2v) is 7.87. The van der Waals surface area contributed by atoms with Crippen molar-refractivity contribution in [2.75, 3.05) is 11.9 Å². The molecule has 0 aromatic heterocycles. The fraction of sp³-hybridized carbons (Fsp3) is 0.278. The molecule has 3 rings (SSSR count). The van der Waals surface area contributed by atoms with Crippen LogP contribution in [0, 0.1) is 0 Å². The number of nitrogens with one attached hydrogen (secondary N) is 2. The summed E-state index contributed by atoms with van der Waals surface area (Å²) in [6.45, 7) is 3.60. The van der Waals surface area contributed by atoms with Crippen molar-refractivity contribution >= 4 is 21.6 Å². The SMILES string of the molecule is CC(C)NS(=O)(=O)c1ccc(NC(=O)[C@H]2COc3ccccc3O2)cc1. The first-order valence-electron chi connectivity index (χ1n) is 8.17. The van der Waals surface area contributed by atoms with Crippen LogP contribution in [0.1, 0.15) is 13.8 Å². The quantitative estimate of drug-likeness (QED) is 0.834. The van der Waals surface area contributed by atoms with Crippen molar-refractivity contribution in [3.8, 4) is 11.5 Å².